The van der Waals surface area contributed by atoms with Gasteiger partial charge in [-0.25, -0.2) is 0 Å². The predicted molar refractivity (Wildman–Crippen MR) is 211 cm³/mol. The summed E-state index contributed by atoms with van der Waals surface area (Å²) in [6.45, 7) is 6.15. The minimum Gasteiger partial charge on any atom is -0.388 e. The van der Waals surface area contributed by atoms with E-state index in [1.54, 1.807) is 98.8 Å². The normalized spacial score (nSPS) is 12.8. The topological polar surface area (TPSA) is 273 Å². The Bertz CT molecular complexity index is 2220. The van der Waals surface area contributed by atoms with Gasteiger partial charge in [0, 0.05) is 35.9 Å². The molecule has 5 aromatic rings. The summed E-state index contributed by atoms with van der Waals surface area (Å²) in [4.78, 5) is 77.3. The first kappa shape index (κ1) is 44.8. The number of hydrogen-bond acceptors (Lipinski definition) is 13. The van der Waals surface area contributed by atoms with E-state index in [2.05, 4.69) is 0 Å². The molecule has 0 saturated carbocycles. The lowest BCUT2D eigenvalue weighted by atomic mass is 10.0. The van der Waals surface area contributed by atoms with Crippen molar-refractivity contribution in [3.8, 4) is 0 Å². The number of aliphatic hydroxyl groups excluding tert-OH is 1. The van der Waals surface area contributed by atoms with Crippen LogP contribution in [0, 0.1) is 40.5 Å². The molecular weight excluding hydrogens is 756 g/mol. The second-order valence-corrected chi connectivity index (χ2v) is 12.4. The number of amides is 2. The zero-order valence-corrected chi connectivity index (χ0v) is 31.5. The second kappa shape index (κ2) is 20.4. The van der Waals surface area contributed by atoms with E-state index >= 15 is 0 Å². The number of fused-ring (bicyclic) bond motifs is 1. The summed E-state index contributed by atoms with van der Waals surface area (Å²) in [6, 6.07) is 30.2. The first-order chi connectivity index (χ1) is 27.4. The molecule has 1 aliphatic rings. The maximum Gasteiger partial charge on any atom is 0.280 e. The lowest BCUT2D eigenvalue weighted by Crippen LogP contribution is -2.32. The molecule has 5 aromatic carbocycles. The summed E-state index contributed by atoms with van der Waals surface area (Å²) in [6.07, 6.45) is -0.799. The molecule has 0 aliphatic carbocycles. The van der Waals surface area contributed by atoms with Crippen molar-refractivity contribution in [2.24, 2.45) is 5.73 Å². The highest BCUT2D eigenvalue weighted by atomic mass is 16.6. The van der Waals surface area contributed by atoms with E-state index < -0.39 is 43.7 Å². The molecule has 0 saturated heterocycles. The molecule has 3 N–H and O–H groups in total. The fourth-order valence-electron chi connectivity index (χ4n) is 5.68. The molecule has 2 amide bonds. The van der Waals surface area contributed by atoms with Crippen molar-refractivity contribution in [2.45, 2.75) is 45.9 Å². The van der Waals surface area contributed by atoms with Crippen molar-refractivity contribution in [3.63, 3.8) is 0 Å². The Hall–Kier alpha value is -7.57. The molecular formula is C40H38N6O12. The van der Waals surface area contributed by atoms with E-state index in [1.165, 1.54) is 50.2 Å². The van der Waals surface area contributed by atoms with Crippen molar-refractivity contribution in [1.82, 2.24) is 4.90 Å². The van der Waals surface area contributed by atoms with Crippen molar-refractivity contribution in [3.05, 3.63) is 195 Å². The number of imide groups is 1. The van der Waals surface area contributed by atoms with Gasteiger partial charge in [0.05, 0.1) is 59.7 Å². The van der Waals surface area contributed by atoms with E-state index in [9.17, 15) is 54.8 Å². The van der Waals surface area contributed by atoms with Crippen LogP contribution in [-0.4, -0.2) is 47.3 Å². The van der Waals surface area contributed by atoms with Crippen molar-refractivity contribution >= 4 is 40.3 Å². The summed E-state index contributed by atoms with van der Waals surface area (Å²) in [5.74, 6) is -1.14. The van der Waals surface area contributed by atoms with Gasteiger partial charge in [0.15, 0.2) is 5.78 Å². The van der Waals surface area contributed by atoms with Gasteiger partial charge in [-0.15, -0.1) is 0 Å². The molecule has 0 fully saturated rings. The predicted octanol–water partition coefficient (Wildman–Crippen LogP) is 8.01. The van der Waals surface area contributed by atoms with Crippen molar-refractivity contribution in [2.75, 3.05) is 0 Å². The number of carbonyl (C=O) groups is 3. The Morgan fingerprint density at radius 2 is 0.879 bits per heavy atom. The molecule has 3 unspecified atom stereocenters. The third-order valence-electron chi connectivity index (χ3n) is 8.48. The monoisotopic (exact) mass is 794 g/mol. The summed E-state index contributed by atoms with van der Waals surface area (Å²) in [5.41, 5.74) is 7.44. The quantitative estimate of drug-likeness (QED) is 0.0620. The van der Waals surface area contributed by atoms with Crippen molar-refractivity contribution < 1.29 is 39.2 Å². The number of nitrogens with zero attached hydrogens (tertiary/aromatic N) is 5. The lowest BCUT2D eigenvalue weighted by Gasteiger charge is -2.22. The molecule has 58 heavy (non-hydrogen) atoms. The van der Waals surface area contributed by atoms with Crippen LogP contribution in [0.2, 0.25) is 0 Å². The fourth-order valence-corrected chi connectivity index (χ4v) is 5.68. The first-order valence-electron chi connectivity index (χ1n) is 17.2. The minimum atomic E-state index is -0.799. The Labute approximate surface area is 330 Å². The number of Topliss-reactive ketones (excluding diaryl/α,β-unsaturated/α-hetero) is 1. The van der Waals surface area contributed by atoms with Gasteiger partial charge in [0.2, 0.25) is 0 Å². The number of hydrogen-bond donors (Lipinski definition) is 2. The van der Waals surface area contributed by atoms with E-state index in [-0.39, 0.29) is 40.1 Å². The maximum atomic E-state index is 12.4. The van der Waals surface area contributed by atoms with Gasteiger partial charge in [0.25, 0.3) is 34.6 Å². The molecule has 0 radical (unpaired) electrons. The highest BCUT2D eigenvalue weighted by Gasteiger charge is 2.40. The van der Waals surface area contributed by atoms with Crippen LogP contribution in [-0.2, 0) is 0 Å². The van der Waals surface area contributed by atoms with Crippen LogP contribution in [0.1, 0.15) is 93.6 Å². The Morgan fingerprint density at radius 3 is 1.22 bits per heavy atom. The molecule has 0 aromatic heterocycles. The number of nitro groups is 4. The average Bonchev–Trinajstić information content (AvgIpc) is 3.46. The largest absolute Gasteiger partial charge is 0.388 e. The molecule has 3 atom stereocenters. The summed E-state index contributed by atoms with van der Waals surface area (Å²) >= 11 is 0. The number of carbonyl (C=O) groups excluding carboxylic acids is 3. The Morgan fingerprint density at radius 1 is 0.552 bits per heavy atom. The Balaban J connectivity index is 0.000000217. The molecule has 300 valence electrons. The second-order valence-electron chi connectivity index (χ2n) is 12.4. The van der Waals surface area contributed by atoms with Crippen LogP contribution >= 0.6 is 0 Å². The number of rotatable bonds is 9. The molecule has 1 heterocycles. The van der Waals surface area contributed by atoms with E-state index in [0.29, 0.717) is 27.8 Å². The number of nitro benzene ring substituents is 4. The lowest BCUT2D eigenvalue weighted by molar-refractivity contribution is -0.386. The standard InChI is InChI=1S/C16H12N2O4.C8H10N2O2.C8H9NO3.C8H7NO3/c1-10(11-6-4-5-9-14(11)18(21)22)17-15(19)12-7-2-3-8-13(12)16(17)20;1-6(9)7-4-2-3-5-8(7)10(11)12;2*1-6(10)7-4-2-3-5-8(7)9(11)12/h2-10H,1H3;2-6H,9H2,1H3;2-6,10H,1H3;2-5H,1H3. The van der Waals surface area contributed by atoms with Crippen LogP contribution in [0.5, 0.6) is 0 Å². The highest BCUT2D eigenvalue weighted by Crippen LogP contribution is 2.35. The zero-order chi connectivity index (χ0) is 43.3. The Kier molecular flexibility index (Phi) is 15.7. The number of aliphatic hydroxyl groups is 1. The molecule has 6 rings (SSSR count). The number of para-hydroxylation sites is 4. The van der Waals surface area contributed by atoms with E-state index in [0.717, 1.165) is 4.90 Å². The average molecular weight is 795 g/mol. The summed E-state index contributed by atoms with van der Waals surface area (Å²) < 4.78 is 0. The first-order valence-corrected chi connectivity index (χ1v) is 17.2. The SMILES string of the molecule is CC(=O)c1ccccc1[N+](=O)[O-].CC(N)c1ccccc1[N+](=O)[O-].CC(O)c1ccccc1[N+](=O)[O-].CC(c1ccccc1[N+](=O)[O-])N1C(=O)c2ccccc2C1=O. The molecule has 18 nitrogen and oxygen atoms in total. The van der Waals surface area contributed by atoms with Gasteiger partial charge < -0.3 is 10.8 Å². The van der Waals surface area contributed by atoms with Gasteiger partial charge in [-0.3, -0.25) is 59.7 Å². The van der Waals surface area contributed by atoms with Crippen LogP contribution < -0.4 is 5.73 Å². The zero-order valence-electron chi connectivity index (χ0n) is 31.5. The molecule has 1 aliphatic heterocycles. The van der Waals surface area contributed by atoms with Gasteiger partial charge in [0.1, 0.15) is 0 Å². The van der Waals surface area contributed by atoms with Crippen LogP contribution in [0.25, 0.3) is 0 Å². The summed E-state index contributed by atoms with van der Waals surface area (Å²) in [7, 11) is 0. The van der Waals surface area contributed by atoms with Crippen LogP contribution in [0.4, 0.5) is 22.7 Å². The summed E-state index contributed by atoms with van der Waals surface area (Å²) in [5, 5.41) is 51.6. The number of nitrogens with two attached hydrogens (primary N) is 1. The van der Waals surface area contributed by atoms with Gasteiger partial charge in [-0.05, 0) is 52.0 Å². The van der Waals surface area contributed by atoms with Crippen LogP contribution in [0.15, 0.2) is 121 Å². The fraction of sp³-hybridized carbons (Fsp3) is 0.175. The molecule has 0 bridgehead atoms. The van der Waals surface area contributed by atoms with Gasteiger partial charge in [-0.1, -0.05) is 72.8 Å². The smallest absolute Gasteiger partial charge is 0.280 e. The van der Waals surface area contributed by atoms with Crippen molar-refractivity contribution in [1.29, 1.82) is 0 Å². The maximum absolute atomic E-state index is 12.4. The molecule has 0 spiro atoms. The third kappa shape index (κ3) is 11.0. The third-order valence-corrected chi connectivity index (χ3v) is 8.48. The minimum absolute atomic E-state index is 0.0347. The number of benzene rings is 5. The highest BCUT2D eigenvalue weighted by molar-refractivity contribution is 6.21. The van der Waals surface area contributed by atoms with E-state index in [1.807, 2.05) is 0 Å². The van der Waals surface area contributed by atoms with Gasteiger partial charge in [-0.2, -0.15) is 0 Å². The van der Waals surface area contributed by atoms with Gasteiger partial charge >= 0.3 is 0 Å². The van der Waals surface area contributed by atoms with Crippen LogP contribution in [0.3, 0.4) is 0 Å². The van der Waals surface area contributed by atoms with E-state index in [4.69, 9.17) is 10.8 Å². The number of ketones is 1. The molecule has 18 heteroatoms.